The van der Waals surface area contributed by atoms with Gasteiger partial charge in [-0.15, -0.1) is 0 Å². The molecule has 1 aromatic carbocycles. The smallest absolute Gasteiger partial charge is 0.258 e. The molecular weight excluding hydrogens is 267 g/mol. The lowest BCUT2D eigenvalue weighted by Gasteiger charge is -2.01. The second kappa shape index (κ2) is 3.54. The molecule has 0 radical (unpaired) electrons. The van der Waals surface area contributed by atoms with E-state index in [1.807, 2.05) is 0 Å². The number of nitro groups is 1. The Hall–Kier alpha value is -1.56. The van der Waals surface area contributed by atoms with Gasteiger partial charge in [0.15, 0.2) is 0 Å². The molecule has 0 fully saturated rings. The molecule has 1 aromatic heterocycles. The zero-order valence-electron chi connectivity index (χ0n) is 7.28. The van der Waals surface area contributed by atoms with Crippen LogP contribution in [0.4, 0.5) is 10.1 Å². The number of hydrogen-bond donors (Lipinski definition) is 0. The van der Waals surface area contributed by atoms with Gasteiger partial charge in [-0.25, -0.2) is 0 Å². The minimum Gasteiger partial charge on any atom is -0.258 e. The second-order valence-electron chi connectivity index (χ2n) is 2.85. The van der Waals surface area contributed by atoms with Gasteiger partial charge in [0, 0.05) is 11.6 Å². The molecule has 0 saturated heterocycles. The molecule has 0 atom stereocenters. The highest BCUT2D eigenvalue weighted by Crippen LogP contribution is 2.33. The van der Waals surface area contributed by atoms with Crippen molar-refractivity contribution in [2.24, 2.45) is 0 Å². The van der Waals surface area contributed by atoms with Crippen molar-refractivity contribution in [1.82, 2.24) is 4.98 Å². The molecule has 0 N–H and O–H groups in total. The Morgan fingerprint density at radius 3 is 2.93 bits per heavy atom. The summed E-state index contributed by atoms with van der Waals surface area (Å²) in [5.41, 5.74) is -0.202. The standard InChI is InChI=1S/C9H4BrFN2O2/c10-7-8-5(2-1-3-12-8)4-6(11)9(7)13(14)15/h1-4H. The van der Waals surface area contributed by atoms with Gasteiger partial charge in [-0.05, 0) is 28.1 Å². The van der Waals surface area contributed by atoms with Crippen molar-refractivity contribution in [1.29, 1.82) is 0 Å². The average molecular weight is 271 g/mol. The van der Waals surface area contributed by atoms with E-state index in [2.05, 4.69) is 20.9 Å². The van der Waals surface area contributed by atoms with E-state index in [1.165, 1.54) is 6.20 Å². The summed E-state index contributed by atoms with van der Waals surface area (Å²) >= 11 is 2.99. The second-order valence-corrected chi connectivity index (χ2v) is 3.65. The summed E-state index contributed by atoms with van der Waals surface area (Å²) < 4.78 is 13.4. The molecule has 0 unspecified atom stereocenters. The molecule has 0 amide bonds. The third kappa shape index (κ3) is 1.56. The van der Waals surface area contributed by atoms with Crippen LogP contribution in [-0.2, 0) is 0 Å². The van der Waals surface area contributed by atoms with Gasteiger partial charge < -0.3 is 0 Å². The lowest BCUT2D eigenvalue weighted by Crippen LogP contribution is -1.95. The Kier molecular flexibility index (Phi) is 2.36. The molecule has 76 valence electrons. The SMILES string of the molecule is O=[N+]([O-])c1c(F)cc2cccnc2c1Br. The van der Waals surface area contributed by atoms with Crippen LogP contribution in [0.25, 0.3) is 10.9 Å². The van der Waals surface area contributed by atoms with Crippen molar-refractivity contribution in [3.05, 3.63) is 44.8 Å². The van der Waals surface area contributed by atoms with Gasteiger partial charge in [0.25, 0.3) is 0 Å². The van der Waals surface area contributed by atoms with E-state index in [9.17, 15) is 14.5 Å². The van der Waals surface area contributed by atoms with Crippen molar-refractivity contribution in [2.75, 3.05) is 0 Å². The maximum atomic E-state index is 13.3. The highest BCUT2D eigenvalue weighted by Gasteiger charge is 2.22. The maximum absolute atomic E-state index is 13.3. The summed E-state index contributed by atoms with van der Waals surface area (Å²) in [6, 6.07) is 4.38. The number of pyridine rings is 1. The minimum atomic E-state index is -0.868. The van der Waals surface area contributed by atoms with Gasteiger partial charge in [-0.3, -0.25) is 15.1 Å². The third-order valence-electron chi connectivity index (χ3n) is 1.95. The molecule has 4 nitrogen and oxygen atoms in total. The lowest BCUT2D eigenvalue weighted by molar-refractivity contribution is -0.388. The first-order chi connectivity index (χ1) is 7.11. The number of nitro benzene ring substituents is 1. The van der Waals surface area contributed by atoms with Gasteiger partial charge >= 0.3 is 5.69 Å². The molecule has 0 bridgehead atoms. The Bertz CT molecular complexity index is 559. The van der Waals surface area contributed by atoms with Crippen LogP contribution in [-0.4, -0.2) is 9.91 Å². The quantitative estimate of drug-likeness (QED) is 0.591. The van der Waals surface area contributed by atoms with Crippen LogP contribution in [0.5, 0.6) is 0 Å². The van der Waals surface area contributed by atoms with Crippen LogP contribution in [0.15, 0.2) is 28.9 Å². The number of benzene rings is 1. The first kappa shape index (κ1) is 9.97. The normalized spacial score (nSPS) is 10.5. The average Bonchev–Trinajstić information content (AvgIpc) is 2.17. The molecule has 0 aliphatic carbocycles. The monoisotopic (exact) mass is 270 g/mol. The molecule has 0 saturated carbocycles. The summed E-state index contributed by atoms with van der Waals surface area (Å²) in [6.45, 7) is 0. The van der Waals surface area contributed by atoms with E-state index in [-0.39, 0.29) is 4.47 Å². The Morgan fingerprint density at radius 2 is 2.27 bits per heavy atom. The Balaban J connectivity index is 2.90. The molecular formula is C9H4BrFN2O2. The van der Waals surface area contributed by atoms with Gasteiger partial charge in [0.2, 0.25) is 5.82 Å². The van der Waals surface area contributed by atoms with Gasteiger partial charge in [0.05, 0.1) is 10.4 Å². The number of nitrogens with zero attached hydrogens (tertiary/aromatic N) is 2. The molecule has 0 spiro atoms. The fourth-order valence-electron chi connectivity index (χ4n) is 1.31. The first-order valence-electron chi connectivity index (χ1n) is 3.98. The van der Waals surface area contributed by atoms with Crippen molar-refractivity contribution in [2.45, 2.75) is 0 Å². The zero-order chi connectivity index (χ0) is 11.0. The van der Waals surface area contributed by atoms with Gasteiger partial charge in [0.1, 0.15) is 4.47 Å². The minimum absolute atomic E-state index is 0.0723. The fourth-order valence-corrected chi connectivity index (χ4v) is 1.97. The Morgan fingerprint density at radius 1 is 1.53 bits per heavy atom. The molecule has 2 rings (SSSR count). The predicted octanol–water partition coefficient (Wildman–Crippen LogP) is 3.04. The van der Waals surface area contributed by atoms with Crippen LogP contribution < -0.4 is 0 Å². The van der Waals surface area contributed by atoms with Crippen LogP contribution in [0.2, 0.25) is 0 Å². The summed E-state index contributed by atoms with van der Waals surface area (Å²) in [5.74, 6) is -0.868. The van der Waals surface area contributed by atoms with Gasteiger partial charge in [-0.1, -0.05) is 6.07 Å². The maximum Gasteiger partial charge on any atom is 0.321 e. The summed E-state index contributed by atoms with van der Waals surface area (Å²) in [7, 11) is 0. The van der Waals surface area contributed by atoms with Gasteiger partial charge in [-0.2, -0.15) is 4.39 Å². The van der Waals surface area contributed by atoms with Crippen molar-refractivity contribution >= 4 is 32.5 Å². The number of halogens is 2. The number of hydrogen-bond acceptors (Lipinski definition) is 3. The van der Waals surface area contributed by atoms with E-state index < -0.39 is 16.4 Å². The van der Waals surface area contributed by atoms with Crippen LogP contribution >= 0.6 is 15.9 Å². The van der Waals surface area contributed by atoms with Crippen LogP contribution in [0.3, 0.4) is 0 Å². The first-order valence-corrected chi connectivity index (χ1v) is 4.77. The molecule has 0 aliphatic heterocycles. The van der Waals surface area contributed by atoms with Crippen molar-refractivity contribution < 1.29 is 9.31 Å². The van der Waals surface area contributed by atoms with Crippen LogP contribution in [0, 0.1) is 15.9 Å². The Labute approximate surface area is 92.0 Å². The largest absolute Gasteiger partial charge is 0.321 e. The van der Waals surface area contributed by atoms with E-state index >= 15 is 0 Å². The third-order valence-corrected chi connectivity index (χ3v) is 2.70. The lowest BCUT2D eigenvalue weighted by atomic mass is 10.2. The van der Waals surface area contributed by atoms with E-state index in [0.29, 0.717) is 10.9 Å². The molecule has 6 heteroatoms. The topological polar surface area (TPSA) is 56.0 Å². The summed E-state index contributed by atoms with van der Waals surface area (Å²) in [6.07, 6.45) is 1.49. The summed E-state index contributed by atoms with van der Waals surface area (Å²) in [5, 5.41) is 11.1. The molecule has 2 aromatic rings. The summed E-state index contributed by atoms with van der Waals surface area (Å²) in [4.78, 5) is 13.8. The zero-order valence-corrected chi connectivity index (χ0v) is 8.86. The number of fused-ring (bicyclic) bond motifs is 1. The van der Waals surface area contributed by atoms with E-state index in [4.69, 9.17) is 0 Å². The predicted molar refractivity (Wildman–Crippen MR) is 56.1 cm³/mol. The fraction of sp³-hybridized carbons (Fsp3) is 0. The number of aromatic nitrogens is 1. The molecule has 0 aliphatic rings. The molecule has 15 heavy (non-hydrogen) atoms. The highest BCUT2D eigenvalue weighted by molar-refractivity contribution is 9.10. The van der Waals surface area contributed by atoms with Crippen molar-refractivity contribution in [3.63, 3.8) is 0 Å². The van der Waals surface area contributed by atoms with Crippen LogP contribution in [0.1, 0.15) is 0 Å². The number of rotatable bonds is 1. The van der Waals surface area contributed by atoms with Crippen molar-refractivity contribution in [3.8, 4) is 0 Å². The van der Waals surface area contributed by atoms with E-state index in [1.54, 1.807) is 12.1 Å². The highest BCUT2D eigenvalue weighted by atomic mass is 79.9. The van der Waals surface area contributed by atoms with E-state index in [0.717, 1.165) is 6.07 Å². The molecule has 1 heterocycles.